The summed E-state index contributed by atoms with van der Waals surface area (Å²) in [6.07, 6.45) is -3.71. The van der Waals surface area contributed by atoms with Crippen molar-refractivity contribution in [3.8, 4) is 0 Å². The van der Waals surface area contributed by atoms with Crippen LogP contribution in [0.15, 0.2) is 36.4 Å². The summed E-state index contributed by atoms with van der Waals surface area (Å²) in [6, 6.07) is 7.30. The van der Waals surface area contributed by atoms with Crippen LogP contribution in [0.25, 0.3) is 0 Å². The Balaban J connectivity index is 1.54. The second-order valence-electron chi connectivity index (χ2n) is 11.8. The molecule has 2 fully saturated rings. The van der Waals surface area contributed by atoms with Crippen LogP contribution in [0, 0.1) is 5.92 Å². The van der Waals surface area contributed by atoms with E-state index >= 15 is 0 Å². The van der Waals surface area contributed by atoms with Crippen LogP contribution in [0.5, 0.6) is 0 Å². The van der Waals surface area contributed by atoms with Gasteiger partial charge in [0.05, 0.1) is 5.56 Å². The molecule has 2 unspecified atom stereocenters. The lowest BCUT2D eigenvalue weighted by molar-refractivity contribution is -0.138. The molecule has 2 saturated heterocycles. The van der Waals surface area contributed by atoms with Gasteiger partial charge in [0.1, 0.15) is 6.04 Å². The van der Waals surface area contributed by atoms with E-state index in [9.17, 15) is 22.8 Å². The highest BCUT2D eigenvalue weighted by molar-refractivity contribution is 6.35. The molecule has 2 aliphatic heterocycles. The molecule has 44 heavy (non-hydrogen) atoms. The largest absolute Gasteiger partial charge is 0.416 e. The minimum atomic E-state index is -4.48. The number of amides is 3. The first kappa shape index (κ1) is 34.1. The van der Waals surface area contributed by atoms with Crippen LogP contribution in [0.2, 0.25) is 10.0 Å². The van der Waals surface area contributed by atoms with Gasteiger partial charge in [-0.2, -0.15) is 13.2 Å². The highest BCUT2D eigenvalue weighted by Gasteiger charge is 2.40. The molecule has 2 aliphatic rings. The van der Waals surface area contributed by atoms with Gasteiger partial charge in [-0.3, -0.25) is 4.79 Å². The van der Waals surface area contributed by atoms with Crippen molar-refractivity contribution in [2.24, 2.45) is 11.7 Å². The Morgan fingerprint density at radius 2 is 1.73 bits per heavy atom. The van der Waals surface area contributed by atoms with Crippen molar-refractivity contribution in [3.05, 3.63) is 63.1 Å². The molecule has 0 bridgehead atoms. The molecule has 3 N–H and O–H groups in total. The van der Waals surface area contributed by atoms with E-state index in [0.29, 0.717) is 85.6 Å². The average Bonchev–Trinajstić information content (AvgIpc) is 3.33. The third-order valence-corrected chi connectivity index (χ3v) is 8.85. The van der Waals surface area contributed by atoms with E-state index in [-0.39, 0.29) is 24.3 Å². The van der Waals surface area contributed by atoms with Gasteiger partial charge < -0.3 is 30.7 Å². The van der Waals surface area contributed by atoms with Crippen molar-refractivity contribution in [1.82, 2.24) is 20.0 Å². The zero-order chi connectivity index (χ0) is 32.2. The topological polar surface area (TPSA) is 85.2 Å². The lowest BCUT2D eigenvalue weighted by Crippen LogP contribution is -2.56. The Bertz CT molecular complexity index is 1320. The van der Waals surface area contributed by atoms with Crippen molar-refractivity contribution in [1.29, 1.82) is 0 Å². The molecule has 2 aromatic carbocycles. The zero-order valence-corrected chi connectivity index (χ0v) is 26.9. The van der Waals surface area contributed by atoms with Crippen LogP contribution in [-0.4, -0.2) is 92.1 Å². The van der Waals surface area contributed by atoms with Gasteiger partial charge in [0.15, 0.2) is 0 Å². The van der Waals surface area contributed by atoms with E-state index in [0.717, 1.165) is 12.1 Å². The van der Waals surface area contributed by atoms with Crippen molar-refractivity contribution < 1.29 is 22.8 Å². The lowest BCUT2D eigenvalue weighted by atomic mass is 9.94. The summed E-state index contributed by atoms with van der Waals surface area (Å²) in [5.41, 5.74) is 7.51. The van der Waals surface area contributed by atoms with Gasteiger partial charge in [-0.15, -0.1) is 0 Å². The van der Waals surface area contributed by atoms with E-state index in [2.05, 4.69) is 5.32 Å². The Labute approximate surface area is 267 Å². The molecule has 2 aromatic rings. The number of alkyl halides is 3. The maximum Gasteiger partial charge on any atom is 0.416 e. The highest BCUT2D eigenvalue weighted by Crippen LogP contribution is 2.37. The van der Waals surface area contributed by atoms with Crippen LogP contribution in [0.3, 0.4) is 0 Å². The summed E-state index contributed by atoms with van der Waals surface area (Å²) >= 11 is 12.6. The molecule has 8 nitrogen and oxygen atoms in total. The Morgan fingerprint density at radius 1 is 1.02 bits per heavy atom. The second-order valence-corrected chi connectivity index (χ2v) is 12.7. The molecule has 13 heteroatoms. The van der Waals surface area contributed by atoms with Gasteiger partial charge in [0, 0.05) is 80.6 Å². The van der Waals surface area contributed by atoms with Crippen LogP contribution >= 0.6 is 23.2 Å². The van der Waals surface area contributed by atoms with Crippen molar-refractivity contribution >= 4 is 40.8 Å². The number of piperazine rings is 1. The Morgan fingerprint density at radius 3 is 2.34 bits per heavy atom. The SMILES string of the molecule is CNCCN1CCN(C(Cc2ccc(Cl)cc2Cl)C(=O)N2CCN(c3ccc(C(F)(F)F)cc3C(N)CC(C)C)CC2)C1=O. The summed E-state index contributed by atoms with van der Waals surface area (Å²) in [6.45, 7) is 7.56. The molecule has 0 aromatic heterocycles. The standard InChI is InChI=1S/C31H41Cl2F3N6O2/c1-20(2)16-26(37)24-18-22(31(34,35)36)5-7-27(24)39-10-12-40(13-11-39)29(43)28(17-21-4-6-23(32)19-25(21)33)42-15-14-41(30(42)44)9-8-38-3/h4-7,18-20,26,28,38H,8-17,37H2,1-3H3. The molecular formula is C31H41Cl2F3N6O2. The smallest absolute Gasteiger partial charge is 0.368 e. The monoisotopic (exact) mass is 656 g/mol. The van der Waals surface area contributed by atoms with Crippen molar-refractivity contribution in [3.63, 3.8) is 0 Å². The normalized spacial score (nSPS) is 17.5. The molecular weight excluding hydrogens is 616 g/mol. The fourth-order valence-electron chi connectivity index (χ4n) is 5.90. The van der Waals surface area contributed by atoms with E-state index in [1.807, 2.05) is 25.8 Å². The maximum atomic E-state index is 14.1. The van der Waals surface area contributed by atoms with Crippen molar-refractivity contribution in [2.75, 3.05) is 64.3 Å². The molecule has 0 radical (unpaired) electrons. The van der Waals surface area contributed by atoms with E-state index in [4.69, 9.17) is 28.9 Å². The fourth-order valence-corrected chi connectivity index (χ4v) is 6.39. The quantitative estimate of drug-likeness (QED) is 0.344. The number of hydrogen-bond acceptors (Lipinski definition) is 5. The summed E-state index contributed by atoms with van der Waals surface area (Å²) in [5, 5.41) is 3.95. The number of hydrogen-bond donors (Lipinski definition) is 2. The van der Waals surface area contributed by atoms with Crippen molar-refractivity contribution in [2.45, 2.75) is 44.9 Å². The number of nitrogens with one attached hydrogen (secondary N) is 1. The molecule has 3 amide bonds. The molecule has 0 saturated carbocycles. The number of carbonyl (C=O) groups is 2. The summed E-state index contributed by atoms with van der Waals surface area (Å²) in [5.74, 6) is 0.0130. The minimum Gasteiger partial charge on any atom is -0.368 e. The molecule has 242 valence electrons. The van der Waals surface area contributed by atoms with E-state index in [1.54, 1.807) is 32.9 Å². The van der Waals surface area contributed by atoms with E-state index < -0.39 is 23.8 Å². The van der Waals surface area contributed by atoms with Gasteiger partial charge in [-0.05, 0) is 60.8 Å². The van der Waals surface area contributed by atoms with Gasteiger partial charge in [-0.25, -0.2) is 4.79 Å². The predicted octanol–water partition coefficient (Wildman–Crippen LogP) is 5.28. The van der Waals surface area contributed by atoms with E-state index in [1.165, 1.54) is 6.07 Å². The molecule has 4 rings (SSSR count). The second kappa shape index (κ2) is 14.6. The number of likely N-dealkylation sites (N-methyl/N-ethyl adjacent to an activating group) is 1. The number of anilines is 1. The molecule has 2 heterocycles. The first-order valence-corrected chi connectivity index (χ1v) is 15.7. The van der Waals surface area contributed by atoms with Crippen LogP contribution in [-0.2, 0) is 17.4 Å². The van der Waals surface area contributed by atoms with Crippen LogP contribution in [0.1, 0.15) is 43.0 Å². The van der Waals surface area contributed by atoms with Gasteiger partial charge in [0.25, 0.3) is 0 Å². The first-order valence-electron chi connectivity index (χ1n) is 14.9. The number of rotatable bonds is 11. The summed E-state index contributed by atoms with van der Waals surface area (Å²) < 4.78 is 40.7. The predicted molar refractivity (Wildman–Crippen MR) is 168 cm³/mol. The first-order chi connectivity index (χ1) is 20.8. The number of carbonyl (C=O) groups excluding carboxylic acids is 2. The van der Waals surface area contributed by atoms with Gasteiger partial charge in [0.2, 0.25) is 5.91 Å². The summed E-state index contributed by atoms with van der Waals surface area (Å²) in [4.78, 5) is 34.5. The molecule has 0 aliphatic carbocycles. The number of urea groups is 1. The third kappa shape index (κ3) is 8.10. The van der Waals surface area contributed by atoms with Crippen LogP contribution in [0.4, 0.5) is 23.7 Å². The molecule has 0 spiro atoms. The number of benzene rings is 2. The highest BCUT2D eigenvalue weighted by atomic mass is 35.5. The Kier molecular flexibility index (Phi) is 11.3. The average molecular weight is 658 g/mol. The molecule has 2 atom stereocenters. The lowest BCUT2D eigenvalue weighted by Gasteiger charge is -2.40. The number of halogens is 5. The minimum absolute atomic E-state index is 0.191. The third-order valence-electron chi connectivity index (χ3n) is 8.26. The number of nitrogens with two attached hydrogens (primary N) is 1. The number of nitrogens with zero attached hydrogens (tertiary/aromatic N) is 4. The van der Waals surface area contributed by atoms with Crippen LogP contribution < -0.4 is 16.0 Å². The maximum absolute atomic E-state index is 14.1. The Hall–Kier alpha value is -2.73. The summed E-state index contributed by atoms with van der Waals surface area (Å²) in [7, 11) is 1.82. The zero-order valence-electron chi connectivity index (χ0n) is 25.3. The van der Waals surface area contributed by atoms with Gasteiger partial charge >= 0.3 is 12.2 Å². The fraction of sp³-hybridized carbons (Fsp3) is 0.548. The van der Waals surface area contributed by atoms with Gasteiger partial charge in [-0.1, -0.05) is 43.1 Å².